The van der Waals surface area contributed by atoms with Crippen molar-refractivity contribution in [2.45, 2.75) is 24.4 Å². The van der Waals surface area contributed by atoms with Gasteiger partial charge in [0, 0.05) is 12.2 Å². The van der Waals surface area contributed by atoms with Gasteiger partial charge in [0.15, 0.2) is 0 Å². The lowest BCUT2D eigenvalue weighted by Crippen LogP contribution is -2.47. The number of para-hydroxylation sites is 1. The summed E-state index contributed by atoms with van der Waals surface area (Å²) in [6, 6.07) is 9.05. The summed E-state index contributed by atoms with van der Waals surface area (Å²) in [5.74, 6) is 0. The molecule has 6 nitrogen and oxygen atoms in total. The molecule has 0 aliphatic heterocycles. The Morgan fingerprint density at radius 1 is 0.889 bits per heavy atom. The SMILES string of the molecule is OC[C@@H](O)[C@@H](O)[C@H](O)[C@@H](O)CNc1ccccc1. The highest BCUT2D eigenvalue weighted by atomic mass is 16.4. The molecule has 0 saturated heterocycles. The molecule has 0 amide bonds. The van der Waals surface area contributed by atoms with Crippen LogP contribution >= 0.6 is 0 Å². The lowest BCUT2D eigenvalue weighted by Gasteiger charge is -2.25. The molecule has 6 heteroatoms. The molecule has 0 aromatic heterocycles. The molecular formula is C12H19NO5. The topological polar surface area (TPSA) is 113 Å². The van der Waals surface area contributed by atoms with Crippen molar-refractivity contribution in [3.63, 3.8) is 0 Å². The summed E-state index contributed by atoms with van der Waals surface area (Å²) < 4.78 is 0. The van der Waals surface area contributed by atoms with Gasteiger partial charge in [0.1, 0.15) is 18.3 Å². The first-order chi connectivity index (χ1) is 8.56. The lowest BCUT2D eigenvalue weighted by atomic mass is 10.0. The molecule has 0 aliphatic carbocycles. The van der Waals surface area contributed by atoms with Crippen LogP contribution in [0.25, 0.3) is 0 Å². The van der Waals surface area contributed by atoms with Gasteiger partial charge < -0.3 is 30.8 Å². The van der Waals surface area contributed by atoms with E-state index in [9.17, 15) is 15.3 Å². The highest BCUT2D eigenvalue weighted by molar-refractivity contribution is 5.42. The first kappa shape index (κ1) is 14.9. The second-order valence-corrected chi connectivity index (χ2v) is 4.05. The molecule has 0 radical (unpaired) electrons. The van der Waals surface area contributed by atoms with Gasteiger partial charge in [0.2, 0.25) is 0 Å². The van der Waals surface area contributed by atoms with E-state index < -0.39 is 31.0 Å². The molecule has 102 valence electrons. The molecule has 18 heavy (non-hydrogen) atoms. The maximum absolute atomic E-state index is 9.63. The molecule has 1 aromatic carbocycles. The normalized spacial score (nSPS) is 17.8. The van der Waals surface area contributed by atoms with E-state index >= 15 is 0 Å². The van der Waals surface area contributed by atoms with E-state index in [1.165, 1.54) is 0 Å². The number of hydrogen-bond donors (Lipinski definition) is 6. The largest absolute Gasteiger partial charge is 0.394 e. The van der Waals surface area contributed by atoms with Crippen LogP contribution in [-0.2, 0) is 0 Å². The smallest absolute Gasteiger partial charge is 0.111 e. The Kier molecular flexibility index (Phi) is 6.03. The summed E-state index contributed by atoms with van der Waals surface area (Å²) in [5, 5.41) is 49.2. The fraction of sp³-hybridized carbons (Fsp3) is 0.500. The van der Waals surface area contributed by atoms with Crippen molar-refractivity contribution in [3.05, 3.63) is 30.3 Å². The number of aliphatic hydroxyl groups is 5. The summed E-state index contributed by atoms with van der Waals surface area (Å²) >= 11 is 0. The molecule has 0 saturated carbocycles. The third-order valence-corrected chi connectivity index (χ3v) is 2.61. The third kappa shape index (κ3) is 4.25. The van der Waals surface area contributed by atoms with Crippen molar-refractivity contribution in [3.8, 4) is 0 Å². The summed E-state index contributed by atoms with van der Waals surface area (Å²) in [7, 11) is 0. The van der Waals surface area contributed by atoms with Gasteiger partial charge in [-0.1, -0.05) is 18.2 Å². The fourth-order valence-electron chi connectivity index (χ4n) is 1.46. The minimum Gasteiger partial charge on any atom is -0.394 e. The molecule has 1 aromatic rings. The fourth-order valence-corrected chi connectivity index (χ4v) is 1.46. The van der Waals surface area contributed by atoms with Gasteiger partial charge in [0.05, 0.1) is 12.7 Å². The zero-order chi connectivity index (χ0) is 13.5. The highest BCUT2D eigenvalue weighted by Crippen LogP contribution is 2.08. The van der Waals surface area contributed by atoms with Crippen LogP contribution in [0.4, 0.5) is 5.69 Å². The van der Waals surface area contributed by atoms with E-state index in [4.69, 9.17) is 10.2 Å². The van der Waals surface area contributed by atoms with Crippen molar-refractivity contribution in [1.29, 1.82) is 0 Å². The standard InChI is InChI=1S/C12H19NO5/c14-7-10(16)12(18)11(17)9(15)6-13-8-4-2-1-3-5-8/h1-5,9-18H,6-7H2/t9-,10+,11+,12+/m0/s1. The minimum atomic E-state index is -1.59. The molecule has 0 aliphatic rings. The number of rotatable bonds is 7. The first-order valence-electron chi connectivity index (χ1n) is 5.68. The van der Waals surface area contributed by atoms with E-state index in [1.54, 1.807) is 12.1 Å². The van der Waals surface area contributed by atoms with Crippen LogP contribution in [0.3, 0.4) is 0 Å². The second-order valence-electron chi connectivity index (χ2n) is 4.05. The second kappa shape index (κ2) is 7.30. The van der Waals surface area contributed by atoms with Crippen molar-refractivity contribution < 1.29 is 25.5 Å². The van der Waals surface area contributed by atoms with Crippen molar-refractivity contribution >= 4 is 5.69 Å². The molecule has 0 heterocycles. The van der Waals surface area contributed by atoms with Gasteiger partial charge in [-0.3, -0.25) is 0 Å². The minimum absolute atomic E-state index is 0.0143. The van der Waals surface area contributed by atoms with Gasteiger partial charge in [-0.15, -0.1) is 0 Å². The Morgan fingerprint density at radius 2 is 1.44 bits per heavy atom. The van der Waals surface area contributed by atoms with E-state index in [1.807, 2.05) is 18.2 Å². The number of nitrogens with one attached hydrogen (secondary N) is 1. The number of benzene rings is 1. The predicted octanol–water partition coefficient (Wildman–Crippen LogP) is -1.47. The van der Waals surface area contributed by atoms with Crippen LogP contribution in [0.15, 0.2) is 30.3 Å². The Hall–Kier alpha value is -1.18. The number of hydrogen-bond acceptors (Lipinski definition) is 6. The summed E-state index contributed by atoms with van der Waals surface area (Å²) in [6.45, 7) is -0.669. The lowest BCUT2D eigenvalue weighted by molar-refractivity contribution is -0.111. The first-order valence-corrected chi connectivity index (χ1v) is 5.68. The van der Waals surface area contributed by atoms with Gasteiger partial charge in [0.25, 0.3) is 0 Å². The zero-order valence-electron chi connectivity index (χ0n) is 9.85. The van der Waals surface area contributed by atoms with Gasteiger partial charge >= 0.3 is 0 Å². The van der Waals surface area contributed by atoms with Crippen LogP contribution in [0.2, 0.25) is 0 Å². The van der Waals surface area contributed by atoms with Gasteiger partial charge in [-0.25, -0.2) is 0 Å². The molecule has 6 N–H and O–H groups in total. The van der Waals surface area contributed by atoms with E-state index in [-0.39, 0.29) is 6.54 Å². The van der Waals surface area contributed by atoms with Crippen LogP contribution in [0, 0.1) is 0 Å². The molecule has 1 rings (SSSR count). The Balaban J connectivity index is 2.42. The van der Waals surface area contributed by atoms with E-state index in [0.29, 0.717) is 0 Å². The molecular weight excluding hydrogens is 238 g/mol. The molecule has 4 atom stereocenters. The zero-order valence-corrected chi connectivity index (χ0v) is 9.85. The average Bonchev–Trinajstić information content (AvgIpc) is 2.43. The van der Waals surface area contributed by atoms with Crippen molar-refractivity contribution in [1.82, 2.24) is 0 Å². The van der Waals surface area contributed by atoms with Gasteiger partial charge in [-0.2, -0.15) is 0 Å². The molecule has 0 bridgehead atoms. The molecule has 0 fully saturated rings. The van der Waals surface area contributed by atoms with E-state index in [0.717, 1.165) is 5.69 Å². The molecule has 0 spiro atoms. The van der Waals surface area contributed by atoms with Gasteiger partial charge in [-0.05, 0) is 12.1 Å². The maximum Gasteiger partial charge on any atom is 0.111 e. The number of aliphatic hydroxyl groups excluding tert-OH is 5. The predicted molar refractivity (Wildman–Crippen MR) is 66.0 cm³/mol. The van der Waals surface area contributed by atoms with Crippen molar-refractivity contribution in [2.75, 3.05) is 18.5 Å². The van der Waals surface area contributed by atoms with Crippen LogP contribution in [0.1, 0.15) is 0 Å². The molecule has 0 unspecified atom stereocenters. The monoisotopic (exact) mass is 257 g/mol. The average molecular weight is 257 g/mol. The third-order valence-electron chi connectivity index (χ3n) is 2.61. The summed E-state index contributed by atoms with van der Waals surface area (Å²) in [6.07, 6.45) is -5.88. The van der Waals surface area contributed by atoms with Crippen molar-refractivity contribution in [2.24, 2.45) is 0 Å². The Labute approximate surface area is 105 Å². The number of anilines is 1. The van der Waals surface area contributed by atoms with E-state index in [2.05, 4.69) is 5.32 Å². The summed E-state index contributed by atoms with van der Waals surface area (Å²) in [5.41, 5.74) is 0.765. The van der Waals surface area contributed by atoms with Crippen LogP contribution in [-0.4, -0.2) is 63.1 Å². The Bertz CT molecular complexity index is 334. The van der Waals surface area contributed by atoms with Crippen LogP contribution < -0.4 is 5.32 Å². The quantitative estimate of drug-likeness (QED) is 0.356. The Morgan fingerprint density at radius 3 is 2.00 bits per heavy atom. The highest BCUT2D eigenvalue weighted by Gasteiger charge is 2.29. The summed E-state index contributed by atoms with van der Waals surface area (Å²) in [4.78, 5) is 0. The maximum atomic E-state index is 9.63. The van der Waals surface area contributed by atoms with Crippen LogP contribution in [0.5, 0.6) is 0 Å².